The van der Waals surface area contributed by atoms with Gasteiger partial charge >= 0.3 is 0 Å². The van der Waals surface area contributed by atoms with E-state index in [1.54, 1.807) is 0 Å². The van der Waals surface area contributed by atoms with E-state index in [0.717, 1.165) is 19.1 Å². The lowest BCUT2D eigenvalue weighted by molar-refractivity contribution is 0.247. The predicted octanol–water partition coefficient (Wildman–Crippen LogP) is 1.50. The Balaban J connectivity index is 1.76. The van der Waals surface area contributed by atoms with E-state index in [0.29, 0.717) is 6.04 Å². The lowest BCUT2D eigenvalue weighted by Gasteiger charge is -2.24. The van der Waals surface area contributed by atoms with Crippen LogP contribution in [-0.2, 0) is 0 Å². The molecule has 0 aliphatic heterocycles. The van der Waals surface area contributed by atoms with Crippen molar-refractivity contribution in [1.82, 2.24) is 10.2 Å². The van der Waals surface area contributed by atoms with Crippen LogP contribution in [0.25, 0.3) is 0 Å². The van der Waals surface area contributed by atoms with Gasteiger partial charge < -0.3 is 0 Å². The molecule has 0 bridgehead atoms. The molecular weight excluding hydrogens is 186 g/mol. The smallest absolute Gasteiger partial charge is 0.108 e. The first-order valence-corrected chi connectivity index (χ1v) is 6.23. The molecular formula is C12H21N3. The summed E-state index contributed by atoms with van der Waals surface area (Å²) in [4.78, 5) is 2.49. The van der Waals surface area contributed by atoms with Crippen LogP contribution < -0.4 is 5.32 Å². The zero-order chi connectivity index (χ0) is 10.7. The van der Waals surface area contributed by atoms with E-state index < -0.39 is 0 Å². The predicted molar refractivity (Wildman–Crippen MR) is 60.4 cm³/mol. The summed E-state index contributed by atoms with van der Waals surface area (Å²) in [6.07, 6.45) is 6.38. The van der Waals surface area contributed by atoms with Crippen LogP contribution in [0.1, 0.15) is 39.0 Å². The van der Waals surface area contributed by atoms with Gasteiger partial charge in [-0.3, -0.25) is 10.2 Å². The molecule has 0 heterocycles. The summed E-state index contributed by atoms with van der Waals surface area (Å²) >= 11 is 0. The fraction of sp³-hybridized carbons (Fsp3) is 0.917. The monoisotopic (exact) mass is 207 g/mol. The number of rotatable bonds is 7. The fourth-order valence-electron chi connectivity index (χ4n) is 2.05. The topological polar surface area (TPSA) is 39.1 Å². The Hall–Kier alpha value is -0.590. The van der Waals surface area contributed by atoms with Crippen molar-refractivity contribution in [2.75, 3.05) is 13.1 Å². The van der Waals surface area contributed by atoms with Crippen LogP contribution in [0.5, 0.6) is 0 Å². The SMILES string of the molecule is CCCN(CC(C#N)NC1CC1)C1CC1. The van der Waals surface area contributed by atoms with Gasteiger partial charge in [0.1, 0.15) is 6.04 Å². The zero-order valence-electron chi connectivity index (χ0n) is 9.58. The van der Waals surface area contributed by atoms with E-state index >= 15 is 0 Å². The van der Waals surface area contributed by atoms with Gasteiger partial charge in [-0.05, 0) is 38.6 Å². The van der Waals surface area contributed by atoms with E-state index in [-0.39, 0.29) is 6.04 Å². The highest BCUT2D eigenvalue weighted by molar-refractivity contribution is 4.99. The number of nitrogens with one attached hydrogen (secondary N) is 1. The van der Waals surface area contributed by atoms with Crippen molar-refractivity contribution < 1.29 is 0 Å². The second-order valence-electron chi connectivity index (χ2n) is 4.85. The molecule has 2 aliphatic rings. The lowest BCUT2D eigenvalue weighted by Crippen LogP contribution is -2.42. The maximum absolute atomic E-state index is 9.08. The minimum absolute atomic E-state index is 0.0460. The molecule has 3 heteroatoms. The number of hydrogen-bond donors (Lipinski definition) is 1. The van der Waals surface area contributed by atoms with Crippen molar-refractivity contribution in [3.05, 3.63) is 0 Å². The van der Waals surface area contributed by atoms with Crippen LogP contribution in [-0.4, -0.2) is 36.1 Å². The van der Waals surface area contributed by atoms with Crippen LogP contribution in [0.4, 0.5) is 0 Å². The average Bonchev–Trinajstić information content (AvgIpc) is 3.08. The zero-order valence-corrected chi connectivity index (χ0v) is 9.58. The standard InChI is InChI=1S/C12H21N3/c1-2-7-15(12-5-6-12)9-11(8-13)14-10-3-4-10/h10-12,14H,2-7,9H2,1H3. The van der Waals surface area contributed by atoms with Gasteiger partial charge in [0.25, 0.3) is 0 Å². The Morgan fingerprint density at radius 1 is 1.40 bits per heavy atom. The molecule has 0 saturated heterocycles. The maximum Gasteiger partial charge on any atom is 0.108 e. The molecule has 0 amide bonds. The minimum Gasteiger partial charge on any atom is -0.298 e. The Labute approximate surface area is 92.4 Å². The number of nitriles is 1. The third-order valence-corrected chi connectivity index (χ3v) is 3.16. The Morgan fingerprint density at radius 2 is 2.13 bits per heavy atom. The Morgan fingerprint density at radius 3 is 2.60 bits per heavy atom. The maximum atomic E-state index is 9.08. The molecule has 0 radical (unpaired) electrons. The third-order valence-electron chi connectivity index (χ3n) is 3.16. The van der Waals surface area contributed by atoms with Gasteiger partial charge in [-0.1, -0.05) is 6.92 Å². The van der Waals surface area contributed by atoms with Gasteiger partial charge in [0.15, 0.2) is 0 Å². The first-order chi connectivity index (χ1) is 7.33. The van der Waals surface area contributed by atoms with E-state index in [1.165, 1.54) is 32.1 Å². The molecule has 0 spiro atoms. The quantitative estimate of drug-likeness (QED) is 0.687. The number of nitrogens with zero attached hydrogens (tertiary/aromatic N) is 2. The molecule has 1 N–H and O–H groups in total. The van der Waals surface area contributed by atoms with Gasteiger partial charge in [-0.2, -0.15) is 5.26 Å². The molecule has 2 rings (SSSR count). The summed E-state index contributed by atoms with van der Waals surface area (Å²) < 4.78 is 0. The molecule has 1 atom stereocenters. The molecule has 2 aliphatic carbocycles. The summed E-state index contributed by atoms with van der Waals surface area (Å²) in [6, 6.07) is 3.85. The second kappa shape index (κ2) is 4.96. The highest BCUT2D eigenvalue weighted by atomic mass is 15.2. The minimum atomic E-state index is 0.0460. The largest absolute Gasteiger partial charge is 0.298 e. The number of hydrogen-bond acceptors (Lipinski definition) is 3. The fourth-order valence-corrected chi connectivity index (χ4v) is 2.05. The van der Waals surface area contributed by atoms with Crippen LogP contribution in [0, 0.1) is 11.3 Å². The van der Waals surface area contributed by atoms with Crippen LogP contribution in [0.2, 0.25) is 0 Å². The van der Waals surface area contributed by atoms with E-state index in [2.05, 4.69) is 23.2 Å². The summed E-state index contributed by atoms with van der Waals surface area (Å²) in [6.45, 7) is 4.28. The first-order valence-electron chi connectivity index (χ1n) is 6.23. The van der Waals surface area contributed by atoms with Crippen molar-refractivity contribution in [3.8, 4) is 6.07 Å². The normalized spacial score (nSPS) is 22.7. The molecule has 0 aromatic carbocycles. The lowest BCUT2D eigenvalue weighted by atomic mass is 10.2. The van der Waals surface area contributed by atoms with Crippen molar-refractivity contribution >= 4 is 0 Å². The molecule has 1 unspecified atom stereocenters. The van der Waals surface area contributed by atoms with E-state index in [4.69, 9.17) is 5.26 Å². The van der Waals surface area contributed by atoms with Crippen molar-refractivity contribution in [2.24, 2.45) is 0 Å². The van der Waals surface area contributed by atoms with Gasteiger partial charge in [-0.15, -0.1) is 0 Å². The summed E-state index contributed by atoms with van der Waals surface area (Å²) in [7, 11) is 0. The highest BCUT2D eigenvalue weighted by Gasteiger charge is 2.31. The van der Waals surface area contributed by atoms with Crippen molar-refractivity contribution in [2.45, 2.75) is 57.2 Å². The average molecular weight is 207 g/mol. The first kappa shape index (κ1) is 10.9. The van der Waals surface area contributed by atoms with Gasteiger partial charge in [0, 0.05) is 18.6 Å². The molecule has 3 nitrogen and oxygen atoms in total. The van der Waals surface area contributed by atoms with Gasteiger partial charge in [0.05, 0.1) is 6.07 Å². The Kier molecular flexibility index (Phi) is 3.61. The summed E-state index contributed by atoms with van der Waals surface area (Å²) in [5.74, 6) is 0. The second-order valence-corrected chi connectivity index (χ2v) is 4.85. The van der Waals surface area contributed by atoms with Crippen molar-refractivity contribution in [1.29, 1.82) is 5.26 Å². The molecule has 0 aromatic heterocycles. The molecule has 0 aromatic rings. The third kappa shape index (κ3) is 3.48. The molecule has 84 valence electrons. The van der Waals surface area contributed by atoms with Crippen LogP contribution in [0.3, 0.4) is 0 Å². The van der Waals surface area contributed by atoms with Crippen molar-refractivity contribution in [3.63, 3.8) is 0 Å². The van der Waals surface area contributed by atoms with E-state index in [9.17, 15) is 0 Å². The highest BCUT2D eigenvalue weighted by Crippen LogP contribution is 2.27. The van der Waals surface area contributed by atoms with Crippen LogP contribution in [0.15, 0.2) is 0 Å². The van der Waals surface area contributed by atoms with Gasteiger partial charge in [0.2, 0.25) is 0 Å². The molecule has 2 saturated carbocycles. The van der Waals surface area contributed by atoms with Gasteiger partial charge in [-0.25, -0.2) is 0 Å². The summed E-state index contributed by atoms with van der Waals surface area (Å²) in [5.41, 5.74) is 0. The molecule has 2 fully saturated rings. The Bertz CT molecular complexity index is 238. The van der Waals surface area contributed by atoms with E-state index in [1.807, 2.05) is 0 Å². The van der Waals surface area contributed by atoms with Crippen LogP contribution >= 0.6 is 0 Å². The summed E-state index contributed by atoms with van der Waals surface area (Å²) in [5, 5.41) is 12.5. The molecule has 15 heavy (non-hydrogen) atoms.